The standard InChI is InChI=1S/C14H21N7O/c1-20-14(15-8-16-20)21-5-10(9-3-4-9)11(6-21)13-17-12(7-22-2)18-19-13/h8-11H,3-7H2,1-2H3,(H,17,18,19)/t10-,11+/m1/s1. The highest BCUT2D eigenvalue weighted by molar-refractivity contribution is 5.34. The van der Waals surface area contributed by atoms with E-state index in [1.54, 1.807) is 13.4 Å². The normalized spacial score (nSPS) is 25.1. The van der Waals surface area contributed by atoms with Gasteiger partial charge >= 0.3 is 0 Å². The van der Waals surface area contributed by atoms with Crippen molar-refractivity contribution in [3.63, 3.8) is 0 Å². The van der Waals surface area contributed by atoms with E-state index in [4.69, 9.17) is 4.74 Å². The highest BCUT2D eigenvalue weighted by Gasteiger charge is 2.45. The molecule has 1 aliphatic carbocycles. The number of nitrogens with zero attached hydrogens (tertiary/aromatic N) is 6. The first kappa shape index (κ1) is 13.7. The Bertz CT molecular complexity index is 647. The van der Waals surface area contributed by atoms with Gasteiger partial charge in [0.2, 0.25) is 5.95 Å². The maximum Gasteiger partial charge on any atom is 0.223 e. The SMILES string of the molecule is COCc1nc([C@H]2CN(c3ncnn3C)C[C@@H]2C2CC2)n[nH]1. The highest BCUT2D eigenvalue weighted by atomic mass is 16.5. The fourth-order valence-electron chi connectivity index (χ4n) is 3.52. The van der Waals surface area contributed by atoms with Crippen LogP contribution >= 0.6 is 0 Å². The average Bonchev–Trinajstić information content (AvgIpc) is 2.91. The summed E-state index contributed by atoms with van der Waals surface area (Å²) in [5, 5.41) is 11.6. The number of aromatic amines is 1. The molecule has 8 heteroatoms. The van der Waals surface area contributed by atoms with E-state index >= 15 is 0 Å². The van der Waals surface area contributed by atoms with Crippen molar-refractivity contribution in [3.8, 4) is 0 Å². The smallest absolute Gasteiger partial charge is 0.223 e. The van der Waals surface area contributed by atoms with Crippen LogP contribution in [0.3, 0.4) is 0 Å². The van der Waals surface area contributed by atoms with Crippen LogP contribution in [0.4, 0.5) is 5.95 Å². The summed E-state index contributed by atoms with van der Waals surface area (Å²) in [4.78, 5) is 11.3. The molecule has 0 aromatic carbocycles. The van der Waals surface area contributed by atoms with Crippen molar-refractivity contribution in [2.45, 2.75) is 25.4 Å². The van der Waals surface area contributed by atoms with E-state index < -0.39 is 0 Å². The molecule has 118 valence electrons. The Morgan fingerprint density at radius 2 is 2.23 bits per heavy atom. The van der Waals surface area contributed by atoms with Gasteiger partial charge in [-0.25, -0.2) is 9.67 Å². The monoisotopic (exact) mass is 303 g/mol. The largest absolute Gasteiger partial charge is 0.377 e. The van der Waals surface area contributed by atoms with Gasteiger partial charge in [-0.15, -0.1) is 0 Å². The third-order valence-corrected chi connectivity index (χ3v) is 4.72. The number of aryl methyl sites for hydroxylation is 1. The number of hydrogen-bond donors (Lipinski definition) is 1. The first-order valence-electron chi connectivity index (χ1n) is 7.75. The minimum absolute atomic E-state index is 0.353. The number of methoxy groups -OCH3 is 1. The van der Waals surface area contributed by atoms with E-state index in [2.05, 4.69) is 30.2 Å². The second kappa shape index (κ2) is 5.35. The van der Waals surface area contributed by atoms with Crippen LogP contribution in [-0.4, -0.2) is 50.1 Å². The lowest BCUT2D eigenvalue weighted by Gasteiger charge is -2.16. The number of rotatable bonds is 5. The third kappa shape index (κ3) is 2.37. The summed E-state index contributed by atoms with van der Waals surface area (Å²) >= 11 is 0. The van der Waals surface area contributed by atoms with Gasteiger partial charge in [0.25, 0.3) is 0 Å². The van der Waals surface area contributed by atoms with Crippen molar-refractivity contribution < 1.29 is 4.74 Å². The summed E-state index contributed by atoms with van der Waals surface area (Å²) in [7, 11) is 3.60. The van der Waals surface area contributed by atoms with Crippen LogP contribution in [0.15, 0.2) is 6.33 Å². The molecule has 2 atom stereocenters. The predicted octanol–water partition coefficient (Wildman–Crippen LogP) is 0.710. The fourth-order valence-corrected chi connectivity index (χ4v) is 3.52. The molecule has 2 aromatic rings. The van der Waals surface area contributed by atoms with Crippen LogP contribution in [0.1, 0.15) is 30.4 Å². The van der Waals surface area contributed by atoms with E-state index in [-0.39, 0.29) is 0 Å². The molecule has 1 saturated carbocycles. The summed E-state index contributed by atoms with van der Waals surface area (Å²) in [6, 6.07) is 0. The number of hydrogen-bond acceptors (Lipinski definition) is 6. The quantitative estimate of drug-likeness (QED) is 0.875. The van der Waals surface area contributed by atoms with Crippen molar-refractivity contribution in [1.29, 1.82) is 0 Å². The molecule has 22 heavy (non-hydrogen) atoms. The summed E-state index contributed by atoms with van der Waals surface area (Å²) < 4.78 is 6.95. The van der Waals surface area contributed by atoms with Gasteiger partial charge in [-0.3, -0.25) is 5.10 Å². The zero-order valence-corrected chi connectivity index (χ0v) is 12.9. The molecule has 1 saturated heterocycles. The van der Waals surface area contributed by atoms with Crippen LogP contribution < -0.4 is 4.90 Å². The van der Waals surface area contributed by atoms with Gasteiger partial charge in [-0.05, 0) is 24.7 Å². The van der Waals surface area contributed by atoms with E-state index in [9.17, 15) is 0 Å². The van der Waals surface area contributed by atoms with E-state index in [0.29, 0.717) is 18.4 Å². The van der Waals surface area contributed by atoms with E-state index in [1.807, 2.05) is 11.7 Å². The lowest BCUT2D eigenvalue weighted by atomic mass is 9.91. The number of aromatic nitrogens is 6. The minimum atomic E-state index is 0.353. The third-order valence-electron chi connectivity index (χ3n) is 4.72. The average molecular weight is 303 g/mol. The van der Waals surface area contributed by atoms with Crippen molar-refractivity contribution in [1.82, 2.24) is 29.9 Å². The van der Waals surface area contributed by atoms with Gasteiger partial charge in [-0.1, -0.05) is 0 Å². The van der Waals surface area contributed by atoms with Crippen LogP contribution in [0.5, 0.6) is 0 Å². The molecular formula is C14H21N7O. The van der Waals surface area contributed by atoms with Gasteiger partial charge in [0.15, 0.2) is 11.6 Å². The molecule has 2 fully saturated rings. The van der Waals surface area contributed by atoms with Crippen LogP contribution in [-0.2, 0) is 18.4 Å². The molecule has 1 aliphatic heterocycles. The second-order valence-corrected chi connectivity index (χ2v) is 6.27. The number of nitrogens with one attached hydrogen (secondary N) is 1. The van der Waals surface area contributed by atoms with Gasteiger partial charge in [0, 0.05) is 33.2 Å². The maximum absolute atomic E-state index is 5.12. The van der Waals surface area contributed by atoms with Crippen molar-refractivity contribution >= 4 is 5.95 Å². The Morgan fingerprint density at radius 1 is 1.36 bits per heavy atom. The van der Waals surface area contributed by atoms with Gasteiger partial charge < -0.3 is 9.64 Å². The van der Waals surface area contributed by atoms with Gasteiger partial charge in [0.05, 0.1) is 0 Å². The molecular weight excluding hydrogens is 282 g/mol. The summed E-state index contributed by atoms with van der Waals surface area (Å²) in [6.45, 7) is 2.38. The molecule has 0 radical (unpaired) electrons. The Balaban J connectivity index is 1.58. The molecule has 2 aliphatic rings. The summed E-state index contributed by atoms with van der Waals surface area (Å²) in [5.74, 6) is 4.39. The number of ether oxygens (including phenoxy) is 1. The van der Waals surface area contributed by atoms with Gasteiger partial charge in [0.1, 0.15) is 12.9 Å². The fraction of sp³-hybridized carbons (Fsp3) is 0.714. The molecule has 0 spiro atoms. The van der Waals surface area contributed by atoms with E-state index in [1.165, 1.54) is 12.8 Å². The second-order valence-electron chi connectivity index (χ2n) is 6.27. The molecule has 0 bridgehead atoms. The first-order chi connectivity index (χ1) is 10.8. The summed E-state index contributed by atoms with van der Waals surface area (Å²) in [6.07, 6.45) is 4.25. The minimum Gasteiger partial charge on any atom is -0.377 e. The maximum atomic E-state index is 5.12. The van der Waals surface area contributed by atoms with E-state index in [0.717, 1.165) is 36.6 Å². The Kier molecular flexibility index (Phi) is 3.33. The van der Waals surface area contributed by atoms with Crippen molar-refractivity contribution in [2.75, 3.05) is 25.1 Å². The van der Waals surface area contributed by atoms with Crippen molar-refractivity contribution in [2.24, 2.45) is 18.9 Å². The zero-order valence-electron chi connectivity index (χ0n) is 12.9. The van der Waals surface area contributed by atoms with Crippen LogP contribution in [0.25, 0.3) is 0 Å². The Hall–Kier alpha value is -1.96. The van der Waals surface area contributed by atoms with Crippen LogP contribution in [0, 0.1) is 11.8 Å². The lowest BCUT2D eigenvalue weighted by molar-refractivity contribution is 0.178. The summed E-state index contributed by atoms with van der Waals surface area (Å²) in [5.41, 5.74) is 0. The Labute approximate surface area is 128 Å². The highest BCUT2D eigenvalue weighted by Crippen LogP contribution is 2.47. The molecule has 2 aromatic heterocycles. The zero-order chi connectivity index (χ0) is 15.1. The molecule has 0 unspecified atom stereocenters. The molecule has 4 rings (SSSR count). The number of anilines is 1. The predicted molar refractivity (Wildman–Crippen MR) is 79.3 cm³/mol. The topological polar surface area (TPSA) is 84.8 Å². The lowest BCUT2D eigenvalue weighted by Crippen LogP contribution is -2.23. The molecule has 0 amide bonds. The van der Waals surface area contributed by atoms with Crippen molar-refractivity contribution in [3.05, 3.63) is 18.0 Å². The number of H-pyrrole nitrogens is 1. The first-order valence-corrected chi connectivity index (χ1v) is 7.75. The van der Waals surface area contributed by atoms with Gasteiger partial charge in [-0.2, -0.15) is 15.2 Å². The molecule has 3 heterocycles. The molecule has 1 N–H and O–H groups in total. The Morgan fingerprint density at radius 3 is 2.91 bits per heavy atom. The molecule has 8 nitrogen and oxygen atoms in total. The van der Waals surface area contributed by atoms with Crippen LogP contribution in [0.2, 0.25) is 0 Å².